The summed E-state index contributed by atoms with van der Waals surface area (Å²) < 4.78 is 5.57. The van der Waals surface area contributed by atoms with E-state index in [1.807, 2.05) is 25.1 Å². The zero-order valence-electron chi connectivity index (χ0n) is 10.5. The zero-order valence-corrected chi connectivity index (χ0v) is 11.3. The molecule has 1 aromatic carbocycles. The zero-order chi connectivity index (χ0) is 13.0. The first-order valence-electron chi connectivity index (χ1n) is 6.00. The van der Waals surface area contributed by atoms with Gasteiger partial charge in [0.25, 0.3) is 0 Å². The van der Waals surface area contributed by atoms with Crippen LogP contribution in [0.5, 0.6) is 0 Å². The van der Waals surface area contributed by atoms with Crippen LogP contribution in [0.2, 0.25) is 5.02 Å². The van der Waals surface area contributed by atoms with Gasteiger partial charge in [0, 0.05) is 0 Å². The second kappa shape index (κ2) is 5.98. The van der Waals surface area contributed by atoms with Crippen molar-refractivity contribution < 1.29 is 4.42 Å². The third kappa shape index (κ3) is 3.09. The number of hydrogen-bond donors (Lipinski definition) is 1. The predicted octanol–water partition coefficient (Wildman–Crippen LogP) is 3.20. The normalized spacial score (nSPS) is 10.8. The highest BCUT2D eigenvalue weighted by Crippen LogP contribution is 2.27. The minimum absolute atomic E-state index is 0.466. The van der Waals surface area contributed by atoms with Crippen LogP contribution in [0.3, 0.4) is 0 Å². The Balaban J connectivity index is 2.13. The molecule has 0 saturated carbocycles. The lowest BCUT2D eigenvalue weighted by Crippen LogP contribution is -2.13. The van der Waals surface area contributed by atoms with Gasteiger partial charge in [-0.15, -0.1) is 10.2 Å². The Morgan fingerprint density at radius 1 is 1.33 bits per heavy atom. The summed E-state index contributed by atoms with van der Waals surface area (Å²) in [5.74, 6) is 1.04. The maximum atomic E-state index is 6.16. The van der Waals surface area contributed by atoms with Crippen LogP contribution in [0.4, 0.5) is 0 Å². The first-order chi connectivity index (χ1) is 8.70. The second-order valence-corrected chi connectivity index (χ2v) is 4.57. The summed E-state index contributed by atoms with van der Waals surface area (Å²) in [5.41, 5.74) is 1.88. The molecule has 1 aromatic heterocycles. The average Bonchev–Trinajstić information content (AvgIpc) is 2.78. The number of benzene rings is 1. The molecule has 1 heterocycles. The molecule has 0 atom stereocenters. The SMILES string of the molecule is CCCNCc1nnc(-c2ccc(C)cc2Cl)o1. The molecule has 0 aliphatic carbocycles. The third-order valence-electron chi connectivity index (χ3n) is 2.52. The van der Waals surface area contributed by atoms with Gasteiger partial charge in [-0.2, -0.15) is 0 Å². The molecule has 5 heteroatoms. The van der Waals surface area contributed by atoms with E-state index in [9.17, 15) is 0 Å². The van der Waals surface area contributed by atoms with Crippen molar-refractivity contribution in [2.45, 2.75) is 26.8 Å². The lowest BCUT2D eigenvalue weighted by molar-refractivity contribution is 0.477. The molecule has 0 amide bonds. The van der Waals surface area contributed by atoms with Crippen molar-refractivity contribution in [1.29, 1.82) is 0 Å². The molecule has 0 aliphatic rings. The fourth-order valence-electron chi connectivity index (χ4n) is 1.60. The largest absolute Gasteiger partial charge is 0.419 e. The Morgan fingerprint density at radius 2 is 2.17 bits per heavy atom. The lowest BCUT2D eigenvalue weighted by Gasteiger charge is -2.00. The number of nitrogens with zero attached hydrogens (tertiary/aromatic N) is 2. The molecule has 18 heavy (non-hydrogen) atoms. The van der Waals surface area contributed by atoms with Crippen LogP contribution in [0.1, 0.15) is 24.8 Å². The molecule has 0 unspecified atom stereocenters. The van der Waals surface area contributed by atoms with Gasteiger partial charge in [-0.1, -0.05) is 24.6 Å². The lowest BCUT2D eigenvalue weighted by atomic mass is 10.1. The molecule has 0 aliphatic heterocycles. The van der Waals surface area contributed by atoms with Gasteiger partial charge in [0.15, 0.2) is 0 Å². The van der Waals surface area contributed by atoms with Gasteiger partial charge in [-0.05, 0) is 37.6 Å². The smallest absolute Gasteiger partial charge is 0.249 e. The Labute approximate surface area is 111 Å². The molecule has 0 bridgehead atoms. The standard InChI is InChI=1S/C13H16ClN3O/c1-3-6-15-8-12-16-17-13(18-12)10-5-4-9(2)7-11(10)14/h4-5,7,15H,3,6,8H2,1-2H3. The van der Waals surface area contributed by atoms with Gasteiger partial charge in [-0.25, -0.2) is 0 Å². The fourth-order valence-corrected chi connectivity index (χ4v) is 1.92. The first-order valence-corrected chi connectivity index (χ1v) is 6.38. The molecule has 0 radical (unpaired) electrons. The van der Waals surface area contributed by atoms with Crippen molar-refractivity contribution in [3.63, 3.8) is 0 Å². The van der Waals surface area contributed by atoms with Crippen molar-refractivity contribution in [3.8, 4) is 11.5 Å². The molecule has 1 N–H and O–H groups in total. The second-order valence-electron chi connectivity index (χ2n) is 4.16. The van der Waals surface area contributed by atoms with Crippen LogP contribution in [-0.2, 0) is 6.54 Å². The van der Waals surface area contributed by atoms with E-state index in [1.54, 1.807) is 0 Å². The maximum Gasteiger partial charge on any atom is 0.249 e. The van der Waals surface area contributed by atoms with Gasteiger partial charge in [-0.3, -0.25) is 0 Å². The van der Waals surface area contributed by atoms with E-state index in [1.165, 1.54) is 0 Å². The minimum atomic E-state index is 0.466. The molecule has 2 rings (SSSR count). The predicted molar refractivity (Wildman–Crippen MR) is 71.5 cm³/mol. The van der Waals surface area contributed by atoms with Crippen molar-refractivity contribution in [2.75, 3.05) is 6.54 Å². The Hall–Kier alpha value is -1.39. The summed E-state index contributed by atoms with van der Waals surface area (Å²) in [6.45, 7) is 5.62. The van der Waals surface area contributed by atoms with E-state index in [0.717, 1.165) is 24.1 Å². The fraction of sp³-hybridized carbons (Fsp3) is 0.385. The summed E-state index contributed by atoms with van der Waals surface area (Å²) in [4.78, 5) is 0. The molecule has 0 spiro atoms. The highest BCUT2D eigenvalue weighted by Gasteiger charge is 2.11. The average molecular weight is 266 g/mol. The number of aromatic nitrogens is 2. The van der Waals surface area contributed by atoms with Crippen LogP contribution in [0.15, 0.2) is 22.6 Å². The summed E-state index contributed by atoms with van der Waals surface area (Å²) in [6, 6.07) is 5.75. The van der Waals surface area contributed by atoms with E-state index in [-0.39, 0.29) is 0 Å². The van der Waals surface area contributed by atoms with Crippen molar-refractivity contribution >= 4 is 11.6 Å². The topological polar surface area (TPSA) is 51.0 Å². The molecular weight excluding hydrogens is 250 g/mol. The highest BCUT2D eigenvalue weighted by molar-refractivity contribution is 6.33. The molecule has 0 fully saturated rings. The number of rotatable bonds is 5. The van der Waals surface area contributed by atoms with E-state index in [4.69, 9.17) is 16.0 Å². The third-order valence-corrected chi connectivity index (χ3v) is 2.84. The van der Waals surface area contributed by atoms with E-state index >= 15 is 0 Å². The summed E-state index contributed by atoms with van der Waals surface area (Å²) >= 11 is 6.16. The van der Waals surface area contributed by atoms with Crippen LogP contribution in [0, 0.1) is 6.92 Å². The van der Waals surface area contributed by atoms with Gasteiger partial charge in [0.05, 0.1) is 17.1 Å². The molecule has 0 saturated heterocycles. The van der Waals surface area contributed by atoms with Gasteiger partial charge >= 0.3 is 0 Å². The maximum absolute atomic E-state index is 6.16. The van der Waals surface area contributed by atoms with Crippen molar-refractivity contribution in [1.82, 2.24) is 15.5 Å². The monoisotopic (exact) mass is 265 g/mol. The molecule has 96 valence electrons. The molecular formula is C13H16ClN3O. The van der Waals surface area contributed by atoms with Gasteiger partial charge in [0.2, 0.25) is 11.8 Å². The summed E-state index contributed by atoms with van der Waals surface area (Å²) in [6.07, 6.45) is 1.07. The minimum Gasteiger partial charge on any atom is -0.419 e. The summed E-state index contributed by atoms with van der Waals surface area (Å²) in [5, 5.41) is 11.8. The van der Waals surface area contributed by atoms with E-state index < -0.39 is 0 Å². The van der Waals surface area contributed by atoms with Crippen molar-refractivity contribution in [2.24, 2.45) is 0 Å². The van der Waals surface area contributed by atoms with E-state index in [0.29, 0.717) is 23.3 Å². The Morgan fingerprint density at radius 3 is 2.89 bits per heavy atom. The number of hydrogen-bond acceptors (Lipinski definition) is 4. The summed E-state index contributed by atoms with van der Waals surface area (Å²) in [7, 11) is 0. The number of halogens is 1. The molecule has 4 nitrogen and oxygen atoms in total. The van der Waals surface area contributed by atoms with Crippen LogP contribution < -0.4 is 5.32 Å². The Kier molecular flexibility index (Phi) is 4.33. The van der Waals surface area contributed by atoms with Crippen LogP contribution >= 0.6 is 11.6 Å². The Bertz CT molecular complexity index is 525. The first kappa shape index (κ1) is 13.1. The number of nitrogens with one attached hydrogen (secondary N) is 1. The number of aryl methyl sites for hydroxylation is 1. The van der Waals surface area contributed by atoms with Crippen molar-refractivity contribution in [3.05, 3.63) is 34.7 Å². The highest BCUT2D eigenvalue weighted by atomic mass is 35.5. The quantitative estimate of drug-likeness (QED) is 0.844. The van der Waals surface area contributed by atoms with Crippen LogP contribution in [-0.4, -0.2) is 16.7 Å². The van der Waals surface area contributed by atoms with Gasteiger partial charge in [0.1, 0.15) is 0 Å². The van der Waals surface area contributed by atoms with Gasteiger partial charge < -0.3 is 9.73 Å². The van der Waals surface area contributed by atoms with E-state index in [2.05, 4.69) is 22.4 Å². The van der Waals surface area contributed by atoms with Crippen LogP contribution in [0.25, 0.3) is 11.5 Å². The molecule has 2 aromatic rings.